The Bertz CT molecular complexity index is 1060. The van der Waals surface area contributed by atoms with Gasteiger partial charge in [0, 0.05) is 29.3 Å². The quantitative estimate of drug-likeness (QED) is 0.607. The van der Waals surface area contributed by atoms with Crippen LogP contribution >= 0.6 is 0 Å². The first-order valence-corrected chi connectivity index (χ1v) is 7.22. The Morgan fingerprint density at radius 2 is 2.00 bits per heavy atom. The molecule has 0 spiro atoms. The van der Waals surface area contributed by atoms with Gasteiger partial charge < -0.3 is 14.3 Å². The van der Waals surface area contributed by atoms with E-state index in [2.05, 4.69) is 15.3 Å². The van der Waals surface area contributed by atoms with Crippen LogP contribution in [0.25, 0.3) is 16.8 Å². The van der Waals surface area contributed by atoms with Crippen LogP contribution in [0, 0.1) is 0 Å². The maximum Gasteiger partial charge on any atom is 0.417 e. The van der Waals surface area contributed by atoms with Gasteiger partial charge in [-0.3, -0.25) is 9.78 Å². The number of aromatic nitrogens is 3. The van der Waals surface area contributed by atoms with Crippen molar-refractivity contribution in [2.75, 3.05) is 5.32 Å². The first-order valence-electron chi connectivity index (χ1n) is 7.22. The number of oxazole rings is 1. The van der Waals surface area contributed by atoms with E-state index in [9.17, 15) is 9.59 Å². The third-order valence-corrected chi connectivity index (χ3v) is 3.61. The van der Waals surface area contributed by atoms with Gasteiger partial charge in [-0.2, -0.15) is 0 Å². The molecule has 4 aromatic rings. The Kier molecular flexibility index (Phi) is 3.24. The number of H-pyrrole nitrogens is 1. The fourth-order valence-corrected chi connectivity index (χ4v) is 2.43. The zero-order chi connectivity index (χ0) is 16.5. The number of carbonyl (C=O) groups is 1. The number of aromatic amines is 1. The summed E-state index contributed by atoms with van der Waals surface area (Å²) in [7, 11) is 0. The van der Waals surface area contributed by atoms with Crippen LogP contribution in [0.4, 0.5) is 5.69 Å². The zero-order valence-corrected chi connectivity index (χ0v) is 12.4. The topological polar surface area (TPSA) is 92.9 Å². The lowest BCUT2D eigenvalue weighted by atomic mass is 10.2. The smallest absolute Gasteiger partial charge is 0.408 e. The third kappa shape index (κ3) is 2.58. The molecule has 0 aliphatic rings. The molecule has 0 unspecified atom stereocenters. The summed E-state index contributed by atoms with van der Waals surface area (Å²) >= 11 is 0. The van der Waals surface area contributed by atoms with E-state index < -0.39 is 5.76 Å². The Morgan fingerprint density at radius 1 is 1.17 bits per heavy atom. The molecule has 0 bridgehead atoms. The van der Waals surface area contributed by atoms with Crippen LogP contribution in [-0.4, -0.2) is 20.4 Å². The van der Waals surface area contributed by atoms with Gasteiger partial charge in [0.05, 0.1) is 11.8 Å². The molecule has 1 amide bonds. The second-order valence-corrected chi connectivity index (χ2v) is 5.20. The van der Waals surface area contributed by atoms with Crippen LogP contribution < -0.4 is 11.1 Å². The minimum Gasteiger partial charge on any atom is -0.408 e. The van der Waals surface area contributed by atoms with Gasteiger partial charge in [0.1, 0.15) is 0 Å². The Balaban J connectivity index is 1.55. The number of nitrogens with zero attached hydrogens (tertiary/aromatic N) is 2. The monoisotopic (exact) mass is 320 g/mol. The molecule has 0 saturated heterocycles. The molecule has 0 fully saturated rings. The number of carbonyl (C=O) groups excluding carboxylic acids is 1. The molecule has 2 aromatic heterocycles. The minimum absolute atomic E-state index is 0.239. The van der Waals surface area contributed by atoms with Crippen LogP contribution in [0.2, 0.25) is 0 Å². The van der Waals surface area contributed by atoms with Crippen molar-refractivity contribution in [3.8, 4) is 5.69 Å². The first-order chi connectivity index (χ1) is 11.7. The van der Waals surface area contributed by atoms with Gasteiger partial charge in [-0.1, -0.05) is 0 Å². The van der Waals surface area contributed by atoms with Crippen molar-refractivity contribution < 1.29 is 9.21 Å². The molecule has 0 atom stereocenters. The van der Waals surface area contributed by atoms with E-state index in [1.54, 1.807) is 42.9 Å². The lowest BCUT2D eigenvalue weighted by Crippen LogP contribution is -2.11. The van der Waals surface area contributed by atoms with Crippen molar-refractivity contribution in [3.05, 3.63) is 77.3 Å². The van der Waals surface area contributed by atoms with Crippen LogP contribution in [0.5, 0.6) is 0 Å². The van der Waals surface area contributed by atoms with Crippen molar-refractivity contribution in [3.63, 3.8) is 0 Å². The van der Waals surface area contributed by atoms with Gasteiger partial charge >= 0.3 is 5.76 Å². The van der Waals surface area contributed by atoms with E-state index in [0.717, 1.165) is 5.69 Å². The summed E-state index contributed by atoms with van der Waals surface area (Å²) in [6, 6.07) is 12.1. The van der Waals surface area contributed by atoms with Gasteiger partial charge in [0.2, 0.25) is 0 Å². The summed E-state index contributed by atoms with van der Waals surface area (Å²) in [5.74, 6) is -0.763. The number of benzene rings is 2. The lowest BCUT2D eigenvalue weighted by molar-refractivity contribution is 0.102. The molecule has 0 aliphatic carbocycles. The normalized spacial score (nSPS) is 10.8. The fraction of sp³-hybridized carbons (Fsp3) is 0. The number of anilines is 1. The molecular weight excluding hydrogens is 308 g/mol. The Labute approximate surface area is 135 Å². The molecule has 7 heteroatoms. The molecule has 0 saturated carbocycles. The zero-order valence-electron chi connectivity index (χ0n) is 12.4. The average Bonchev–Trinajstić information content (AvgIpc) is 3.23. The van der Waals surface area contributed by atoms with E-state index in [4.69, 9.17) is 4.42 Å². The van der Waals surface area contributed by atoms with E-state index in [1.807, 2.05) is 22.9 Å². The molecule has 2 aromatic carbocycles. The molecule has 24 heavy (non-hydrogen) atoms. The van der Waals surface area contributed by atoms with E-state index in [-0.39, 0.29) is 5.91 Å². The SMILES string of the molecule is O=C(Nc1ccc2oc(=O)[nH]c2c1)c1ccc(-n2ccnc2)cc1. The molecule has 2 N–H and O–H groups in total. The average molecular weight is 320 g/mol. The van der Waals surface area contributed by atoms with Crippen molar-refractivity contribution in [2.24, 2.45) is 0 Å². The van der Waals surface area contributed by atoms with Crippen molar-refractivity contribution in [1.82, 2.24) is 14.5 Å². The number of amides is 1. The van der Waals surface area contributed by atoms with Crippen molar-refractivity contribution in [1.29, 1.82) is 0 Å². The van der Waals surface area contributed by atoms with Crippen LogP contribution in [0.1, 0.15) is 10.4 Å². The number of nitrogens with one attached hydrogen (secondary N) is 2. The van der Waals surface area contributed by atoms with Gasteiger partial charge in [-0.25, -0.2) is 9.78 Å². The van der Waals surface area contributed by atoms with E-state index in [0.29, 0.717) is 22.4 Å². The summed E-state index contributed by atoms with van der Waals surface area (Å²) in [6.45, 7) is 0. The van der Waals surface area contributed by atoms with Gasteiger partial charge in [-0.05, 0) is 42.5 Å². The number of imidazole rings is 1. The molecule has 2 heterocycles. The molecule has 0 radical (unpaired) electrons. The summed E-state index contributed by atoms with van der Waals surface area (Å²) in [5.41, 5.74) is 3.00. The minimum atomic E-state index is -0.524. The molecular formula is C17H12N4O3. The largest absolute Gasteiger partial charge is 0.417 e. The predicted molar refractivity (Wildman–Crippen MR) is 88.4 cm³/mol. The Morgan fingerprint density at radius 3 is 2.75 bits per heavy atom. The van der Waals surface area contributed by atoms with Gasteiger partial charge in [-0.15, -0.1) is 0 Å². The maximum absolute atomic E-state index is 12.3. The van der Waals surface area contributed by atoms with Crippen LogP contribution in [0.3, 0.4) is 0 Å². The third-order valence-electron chi connectivity index (χ3n) is 3.61. The molecule has 7 nitrogen and oxygen atoms in total. The van der Waals surface area contributed by atoms with Gasteiger partial charge in [0.25, 0.3) is 5.91 Å². The highest BCUT2D eigenvalue weighted by Crippen LogP contribution is 2.17. The van der Waals surface area contributed by atoms with E-state index >= 15 is 0 Å². The molecule has 4 rings (SSSR count). The fourth-order valence-electron chi connectivity index (χ4n) is 2.43. The molecule has 118 valence electrons. The summed E-state index contributed by atoms with van der Waals surface area (Å²) in [6.07, 6.45) is 5.21. The standard InChI is InChI=1S/C17H12N4O3/c22-16(11-1-4-13(5-2-11)21-8-7-18-10-21)19-12-3-6-15-14(9-12)20-17(23)24-15/h1-10H,(H,19,22)(H,20,23). The van der Waals surface area contributed by atoms with Gasteiger partial charge in [0.15, 0.2) is 5.58 Å². The highest BCUT2D eigenvalue weighted by molar-refractivity contribution is 6.05. The number of rotatable bonds is 3. The highest BCUT2D eigenvalue weighted by Gasteiger charge is 2.08. The highest BCUT2D eigenvalue weighted by atomic mass is 16.4. The second kappa shape index (κ2) is 5.54. The van der Waals surface area contributed by atoms with E-state index in [1.165, 1.54) is 0 Å². The van der Waals surface area contributed by atoms with Crippen LogP contribution in [0.15, 0.2) is 70.4 Å². The summed E-state index contributed by atoms with van der Waals surface area (Å²) < 4.78 is 6.78. The predicted octanol–water partition coefficient (Wildman–Crippen LogP) is 2.56. The summed E-state index contributed by atoms with van der Waals surface area (Å²) in [4.78, 5) is 30.0. The number of hydrogen-bond acceptors (Lipinski definition) is 4. The van der Waals surface area contributed by atoms with Crippen LogP contribution in [-0.2, 0) is 0 Å². The Hall–Kier alpha value is -3.61. The maximum atomic E-state index is 12.3. The van der Waals surface area contributed by atoms with Crippen molar-refractivity contribution >= 4 is 22.7 Å². The first kappa shape index (κ1) is 14.0. The number of fused-ring (bicyclic) bond motifs is 1. The lowest BCUT2D eigenvalue weighted by Gasteiger charge is -2.07. The summed E-state index contributed by atoms with van der Waals surface area (Å²) in [5, 5.41) is 2.79. The second-order valence-electron chi connectivity index (χ2n) is 5.20. The number of hydrogen-bond donors (Lipinski definition) is 2. The van der Waals surface area contributed by atoms with Crippen molar-refractivity contribution in [2.45, 2.75) is 0 Å². The molecule has 0 aliphatic heterocycles.